The zero-order chi connectivity index (χ0) is 74.6. The van der Waals surface area contributed by atoms with Crippen molar-refractivity contribution in [2.75, 3.05) is 39.6 Å². The molecule has 0 spiro atoms. The maximum Gasteiger partial charge on any atom is 0.472 e. The van der Waals surface area contributed by atoms with E-state index in [0.29, 0.717) is 25.7 Å². The van der Waals surface area contributed by atoms with Crippen molar-refractivity contribution in [3.05, 3.63) is 146 Å². The summed E-state index contributed by atoms with van der Waals surface area (Å²) in [4.78, 5) is 73.0. The molecule has 3 N–H and O–H groups in total. The highest BCUT2D eigenvalue weighted by atomic mass is 31.2. The minimum Gasteiger partial charge on any atom is -0.462 e. The average molecular weight is 1470 g/mol. The van der Waals surface area contributed by atoms with Gasteiger partial charge in [-0.3, -0.25) is 37.3 Å². The first-order valence-electron chi connectivity index (χ1n) is 39.1. The molecule has 0 rings (SSSR count). The first-order chi connectivity index (χ1) is 49.7. The standard InChI is InChI=1S/C83H138O17P2/c1-5-9-13-17-21-25-29-33-37-38-42-44-48-52-56-60-64-68-81(86)94-74-79(100-83(88)70-66-62-58-54-50-46-41-36-32-28-24-20-16-12-8-4)76-98-102(91,92)96-72-77(84)71-95-101(89,90)97-75-78(99-82(87)69-65-61-57-53-49-45-40-35-31-27-23-19-15-11-7-3)73-93-80(85)67-63-59-55-51-47-43-39-34-30-26-22-18-14-10-6-2/h9-11,13-15,21-23,25-27,33-37,39-42,44,47,51,77-79,84H,5-8,12,16-20,24,28-32,38,43,45-46,48-50,52-76H2,1-4H3,(H,89,90)(H,91,92)/b13-9-,14-10-,15-11-,25-21-,26-22-,27-23-,37-33-,39-34-,40-35-,41-36-,44-42-,51-47-. The molecule has 0 amide bonds. The third kappa shape index (κ3) is 73.3. The fourth-order valence-corrected chi connectivity index (χ4v) is 11.5. The van der Waals surface area contributed by atoms with E-state index < -0.39 is 97.5 Å². The molecule has 0 aliphatic heterocycles. The summed E-state index contributed by atoms with van der Waals surface area (Å²) >= 11 is 0. The summed E-state index contributed by atoms with van der Waals surface area (Å²) in [6.07, 6.45) is 84.0. The number of allylic oxidation sites excluding steroid dienone is 24. The number of phosphoric ester groups is 2. The molecule has 582 valence electrons. The lowest BCUT2D eigenvalue weighted by Gasteiger charge is -2.21. The number of hydrogen-bond acceptors (Lipinski definition) is 15. The fraction of sp³-hybridized carbons (Fsp3) is 0.663. The Labute approximate surface area is 617 Å². The van der Waals surface area contributed by atoms with Gasteiger partial charge in [-0.05, 0) is 161 Å². The van der Waals surface area contributed by atoms with Crippen LogP contribution in [0, 0.1) is 0 Å². The Morgan fingerprint density at radius 3 is 0.814 bits per heavy atom. The van der Waals surface area contributed by atoms with Gasteiger partial charge >= 0.3 is 39.5 Å². The van der Waals surface area contributed by atoms with Crippen molar-refractivity contribution in [1.29, 1.82) is 0 Å². The maximum atomic E-state index is 13.1. The Kier molecular flexibility index (Phi) is 70.5. The van der Waals surface area contributed by atoms with Crippen molar-refractivity contribution < 1.29 is 80.2 Å². The Hall–Kier alpha value is -5.06. The molecule has 19 heteroatoms. The van der Waals surface area contributed by atoms with Crippen molar-refractivity contribution in [2.45, 2.75) is 316 Å². The van der Waals surface area contributed by atoms with Crippen LogP contribution >= 0.6 is 15.6 Å². The Bertz CT molecular complexity index is 2510. The van der Waals surface area contributed by atoms with Crippen LogP contribution in [0.4, 0.5) is 0 Å². The minimum atomic E-state index is -5.00. The summed E-state index contributed by atoms with van der Waals surface area (Å²) in [6.45, 7) is 4.42. The molecule has 0 fully saturated rings. The van der Waals surface area contributed by atoms with Crippen LogP contribution in [-0.4, -0.2) is 96.7 Å². The molecule has 0 heterocycles. The van der Waals surface area contributed by atoms with Gasteiger partial charge in [0.2, 0.25) is 0 Å². The zero-order valence-corrected chi connectivity index (χ0v) is 65.3. The number of unbranched alkanes of at least 4 members (excludes halogenated alkanes) is 22. The highest BCUT2D eigenvalue weighted by molar-refractivity contribution is 7.47. The van der Waals surface area contributed by atoms with Gasteiger partial charge in [-0.2, -0.15) is 0 Å². The SMILES string of the molecule is CC/C=C\C/C=C\C/C=C\C/C=C\CCCCCCC(=O)OCC(COP(=O)(O)OCC(O)COP(=O)(O)OCC(COC(=O)CCCC/C=C\C/C=C\C/C=C\C/C=C\CC)OC(=O)CCCCCCC/C=C\C/C=C\C/C=C\CC)OC(=O)CCCCCCC/C=C\CCCCCCCC. The third-order valence-corrected chi connectivity index (χ3v) is 17.7. The second-order valence-electron chi connectivity index (χ2n) is 25.5. The molecule has 0 aromatic heterocycles. The lowest BCUT2D eigenvalue weighted by molar-refractivity contribution is -0.161. The van der Waals surface area contributed by atoms with E-state index in [1.165, 1.54) is 38.5 Å². The van der Waals surface area contributed by atoms with Gasteiger partial charge in [0.05, 0.1) is 26.4 Å². The number of carbonyl (C=O) groups excluding carboxylic acids is 4. The predicted octanol–water partition coefficient (Wildman–Crippen LogP) is 22.7. The number of carbonyl (C=O) groups is 4. The van der Waals surface area contributed by atoms with Crippen LogP contribution in [-0.2, 0) is 65.4 Å². The number of rotatable bonds is 72. The van der Waals surface area contributed by atoms with Crippen LogP contribution in [0.1, 0.15) is 297 Å². The smallest absolute Gasteiger partial charge is 0.462 e. The van der Waals surface area contributed by atoms with E-state index in [1.807, 2.05) is 0 Å². The number of aliphatic hydroxyl groups is 1. The molecule has 0 aromatic carbocycles. The quantitative estimate of drug-likeness (QED) is 0.0169. The highest BCUT2D eigenvalue weighted by Crippen LogP contribution is 2.45. The molecular formula is C83H138O17P2. The van der Waals surface area contributed by atoms with Crippen LogP contribution in [0.15, 0.2) is 146 Å². The van der Waals surface area contributed by atoms with Crippen molar-refractivity contribution in [3.63, 3.8) is 0 Å². The van der Waals surface area contributed by atoms with Gasteiger partial charge in [0, 0.05) is 25.7 Å². The van der Waals surface area contributed by atoms with Crippen molar-refractivity contribution >= 4 is 39.5 Å². The zero-order valence-electron chi connectivity index (χ0n) is 63.5. The van der Waals surface area contributed by atoms with Crippen LogP contribution in [0.3, 0.4) is 0 Å². The Morgan fingerprint density at radius 2 is 0.510 bits per heavy atom. The van der Waals surface area contributed by atoms with Crippen molar-refractivity contribution in [3.8, 4) is 0 Å². The molecule has 0 saturated heterocycles. The number of aliphatic hydroxyl groups excluding tert-OH is 1. The van der Waals surface area contributed by atoms with E-state index >= 15 is 0 Å². The molecule has 17 nitrogen and oxygen atoms in total. The molecule has 0 aromatic rings. The Morgan fingerprint density at radius 1 is 0.284 bits per heavy atom. The lowest BCUT2D eigenvalue weighted by Crippen LogP contribution is -2.30. The summed E-state index contributed by atoms with van der Waals surface area (Å²) in [5, 5.41) is 10.6. The van der Waals surface area contributed by atoms with E-state index in [1.54, 1.807) is 0 Å². The maximum absolute atomic E-state index is 13.1. The average Bonchev–Trinajstić information content (AvgIpc) is 0.923. The normalized spacial score (nSPS) is 14.7. The van der Waals surface area contributed by atoms with Crippen LogP contribution in [0.25, 0.3) is 0 Å². The third-order valence-electron chi connectivity index (χ3n) is 15.8. The van der Waals surface area contributed by atoms with Gasteiger partial charge in [-0.15, -0.1) is 0 Å². The van der Waals surface area contributed by atoms with Gasteiger partial charge in [0.1, 0.15) is 19.3 Å². The van der Waals surface area contributed by atoms with Crippen LogP contribution in [0.5, 0.6) is 0 Å². The number of hydrogen-bond donors (Lipinski definition) is 3. The molecular weight excluding hydrogens is 1330 g/mol. The largest absolute Gasteiger partial charge is 0.472 e. The topological polar surface area (TPSA) is 237 Å². The summed E-state index contributed by atoms with van der Waals surface area (Å²) in [5.41, 5.74) is 0. The van der Waals surface area contributed by atoms with Crippen LogP contribution in [0.2, 0.25) is 0 Å². The summed E-state index contributed by atoms with van der Waals surface area (Å²) in [6, 6.07) is 0. The van der Waals surface area contributed by atoms with Gasteiger partial charge in [0.25, 0.3) is 0 Å². The molecule has 5 atom stereocenters. The summed E-state index contributed by atoms with van der Waals surface area (Å²) < 4.78 is 68.5. The minimum absolute atomic E-state index is 0.0615. The second-order valence-corrected chi connectivity index (χ2v) is 28.4. The molecule has 5 unspecified atom stereocenters. The monoisotopic (exact) mass is 1470 g/mol. The number of esters is 4. The Balaban J connectivity index is 5.44. The molecule has 0 aliphatic carbocycles. The van der Waals surface area contributed by atoms with E-state index in [-0.39, 0.29) is 25.7 Å². The summed E-state index contributed by atoms with van der Waals surface area (Å²) in [5.74, 6) is -2.28. The number of ether oxygens (including phenoxy) is 4. The van der Waals surface area contributed by atoms with E-state index in [2.05, 4.69) is 174 Å². The van der Waals surface area contributed by atoms with E-state index in [9.17, 15) is 43.2 Å². The van der Waals surface area contributed by atoms with Crippen molar-refractivity contribution in [2.24, 2.45) is 0 Å². The highest BCUT2D eigenvalue weighted by Gasteiger charge is 2.30. The van der Waals surface area contributed by atoms with Crippen LogP contribution < -0.4 is 0 Å². The fourth-order valence-electron chi connectivity index (χ4n) is 9.92. The molecule has 0 saturated carbocycles. The molecule has 0 aliphatic rings. The number of phosphoric acid groups is 2. The van der Waals surface area contributed by atoms with Gasteiger partial charge < -0.3 is 33.8 Å². The first-order valence-corrected chi connectivity index (χ1v) is 42.1. The summed E-state index contributed by atoms with van der Waals surface area (Å²) in [7, 11) is -9.99. The second kappa shape index (κ2) is 74.2. The molecule has 102 heavy (non-hydrogen) atoms. The van der Waals surface area contributed by atoms with Gasteiger partial charge in [0.15, 0.2) is 12.2 Å². The van der Waals surface area contributed by atoms with Gasteiger partial charge in [-0.1, -0.05) is 257 Å². The van der Waals surface area contributed by atoms with E-state index in [4.69, 9.17) is 37.0 Å². The van der Waals surface area contributed by atoms with Gasteiger partial charge in [-0.25, -0.2) is 9.13 Å². The molecule has 0 radical (unpaired) electrons. The van der Waals surface area contributed by atoms with Crippen molar-refractivity contribution in [1.82, 2.24) is 0 Å². The lowest BCUT2D eigenvalue weighted by atomic mass is 10.1. The van der Waals surface area contributed by atoms with E-state index in [0.717, 1.165) is 180 Å². The predicted molar refractivity (Wildman–Crippen MR) is 417 cm³/mol. The molecule has 0 bridgehead atoms. The first kappa shape index (κ1) is 96.9.